The van der Waals surface area contributed by atoms with Crippen LogP contribution in [0.5, 0.6) is 5.75 Å². The molecule has 1 aromatic carbocycles. The number of benzene rings is 1. The lowest BCUT2D eigenvalue weighted by molar-refractivity contribution is 0.492. The summed E-state index contributed by atoms with van der Waals surface area (Å²) in [4.78, 5) is 0. The van der Waals surface area contributed by atoms with Crippen LogP contribution in [0.4, 0.5) is 10.1 Å². The first-order valence-corrected chi connectivity index (χ1v) is 5.63. The molecule has 1 aromatic rings. The van der Waals surface area contributed by atoms with Gasteiger partial charge in [0.05, 0.1) is 17.0 Å². The van der Waals surface area contributed by atoms with Crippen molar-refractivity contribution < 1.29 is 17.0 Å². The molecule has 7 heteroatoms. The largest absolute Gasteiger partial charge is 0.396 e. The Bertz CT molecular complexity index is 460. The van der Waals surface area contributed by atoms with Crippen molar-refractivity contribution in [1.29, 1.82) is 0 Å². The number of nitrogen functional groups attached to an aromatic ring is 1. The summed E-state index contributed by atoms with van der Waals surface area (Å²) in [6.07, 6.45) is 0.850. The number of halogens is 2. The highest BCUT2D eigenvalue weighted by Gasteiger charge is 2.11. The number of rotatable bonds is 2. The minimum atomic E-state index is -3.69. The van der Waals surface area contributed by atoms with Crippen molar-refractivity contribution in [3.63, 3.8) is 0 Å². The molecule has 0 saturated heterocycles. The predicted octanol–water partition coefficient (Wildman–Crippen LogP) is 1.40. The molecule has 2 N–H and O–H groups in total. The summed E-state index contributed by atoms with van der Waals surface area (Å²) in [7, 11) is -3.69. The maximum absolute atomic E-state index is 12.8. The molecule has 0 heterocycles. The molecule has 78 valence electrons. The van der Waals surface area contributed by atoms with Crippen LogP contribution in [-0.4, -0.2) is 14.7 Å². The molecule has 1 rings (SSSR count). The van der Waals surface area contributed by atoms with Crippen LogP contribution < -0.4 is 9.92 Å². The molecule has 0 fully saturated rings. The normalized spacial score (nSPS) is 11.4. The molecule has 0 atom stereocenters. The van der Waals surface area contributed by atoms with Gasteiger partial charge in [-0.2, -0.15) is 8.42 Å². The van der Waals surface area contributed by atoms with Crippen molar-refractivity contribution in [2.45, 2.75) is 0 Å². The van der Waals surface area contributed by atoms with Crippen LogP contribution >= 0.6 is 11.6 Å². The summed E-state index contributed by atoms with van der Waals surface area (Å²) in [6.45, 7) is 0. The summed E-state index contributed by atoms with van der Waals surface area (Å²) in [6, 6.07) is 1.90. The zero-order valence-electron chi connectivity index (χ0n) is 7.12. The minimum absolute atomic E-state index is 0.151. The standard InChI is InChI=1S/C7H7ClFNO3S/c1-14(11,12)13-7-3-6(10)5(9)2-4(7)8/h2-3H,10H2,1H3. The summed E-state index contributed by atoms with van der Waals surface area (Å²) in [5.74, 6) is -0.913. The number of nitrogens with two attached hydrogens (primary N) is 1. The van der Waals surface area contributed by atoms with E-state index >= 15 is 0 Å². The lowest BCUT2D eigenvalue weighted by atomic mass is 10.3. The Balaban J connectivity index is 3.17. The molecular weight excluding hydrogens is 233 g/mol. The van der Waals surface area contributed by atoms with Gasteiger partial charge in [0, 0.05) is 6.07 Å². The van der Waals surface area contributed by atoms with Crippen molar-refractivity contribution in [3.05, 3.63) is 23.0 Å². The van der Waals surface area contributed by atoms with E-state index in [1.807, 2.05) is 0 Å². The van der Waals surface area contributed by atoms with Crippen LogP contribution in [0.1, 0.15) is 0 Å². The topological polar surface area (TPSA) is 69.4 Å². The average molecular weight is 240 g/mol. The maximum Gasteiger partial charge on any atom is 0.306 e. The monoisotopic (exact) mass is 239 g/mol. The third kappa shape index (κ3) is 2.74. The zero-order chi connectivity index (χ0) is 10.9. The highest BCUT2D eigenvalue weighted by atomic mass is 35.5. The molecule has 0 aliphatic heterocycles. The fourth-order valence-electron chi connectivity index (χ4n) is 0.772. The van der Waals surface area contributed by atoms with Crippen molar-refractivity contribution in [3.8, 4) is 5.75 Å². The fourth-order valence-corrected chi connectivity index (χ4v) is 1.47. The summed E-state index contributed by atoms with van der Waals surface area (Å²) in [5.41, 5.74) is 4.97. The Labute approximate surface area is 85.6 Å². The molecule has 0 aromatic heterocycles. The molecule has 0 saturated carbocycles. The number of hydrogen-bond donors (Lipinski definition) is 1. The SMILES string of the molecule is CS(=O)(=O)Oc1cc(N)c(F)cc1Cl. The van der Waals surface area contributed by atoms with E-state index in [1.54, 1.807) is 0 Å². The summed E-state index contributed by atoms with van der Waals surface area (Å²) in [5, 5.41) is -0.151. The first-order valence-electron chi connectivity index (χ1n) is 3.43. The highest BCUT2D eigenvalue weighted by molar-refractivity contribution is 7.86. The Kier molecular flexibility index (Phi) is 2.86. The summed E-state index contributed by atoms with van der Waals surface area (Å²) >= 11 is 5.52. The third-order valence-electron chi connectivity index (χ3n) is 1.29. The second kappa shape index (κ2) is 3.62. The molecule has 0 bridgehead atoms. The molecule has 14 heavy (non-hydrogen) atoms. The second-order valence-electron chi connectivity index (χ2n) is 2.59. The van der Waals surface area contributed by atoms with Gasteiger partial charge in [0.1, 0.15) is 5.82 Å². The van der Waals surface area contributed by atoms with Crippen LogP contribution in [0, 0.1) is 5.82 Å². The van der Waals surface area contributed by atoms with Crippen molar-refractivity contribution in [2.75, 3.05) is 12.0 Å². The van der Waals surface area contributed by atoms with Gasteiger partial charge in [-0.3, -0.25) is 0 Å². The first kappa shape index (κ1) is 11.1. The Morgan fingerprint density at radius 3 is 2.57 bits per heavy atom. The van der Waals surface area contributed by atoms with E-state index in [4.69, 9.17) is 17.3 Å². The highest BCUT2D eigenvalue weighted by Crippen LogP contribution is 2.29. The van der Waals surface area contributed by atoms with E-state index in [1.165, 1.54) is 0 Å². The van der Waals surface area contributed by atoms with Crippen LogP contribution in [0.15, 0.2) is 12.1 Å². The molecule has 0 aliphatic carbocycles. The Hall–Kier alpha value is -1.01. The van der Waals surface area contributed by atoms with Gasteiger partial charge >= 0.3 is 10.1 Å². The van der Waals surface area contributed by atoms with Gasteiger partial charge in [0.25, 0.3) is 0 Å². The van der Waals surface area contributed by atoms with E-state index in [2.05, 4.69) is 4.18 Å². The lowest BCUT2D eigenvalue weighted by Gasteiger charge is -2.06. The third-order valence-corrected chi connectivity index (χ3v) is 2.07. The fraction of sp³-hybridized carbons (Fsp3) is 0.143. The number of hydrogen-bond acceptors (Lipinski definition) is 4. The smallest absolute Gasteiger partial charge is 0.306 e. The van der Waals surface area contributed by atoms with Gasteiger partial charge in [0.15, 0.2) is 5.75 Å². The average Bonchev–Trinajstić information content (AvgIpc) is 1.97. The van der Waals surface area contributed by atoms with Gasteiger partial charge in [-0.15, -0.1) is 0 Å². The Morgan fingerprint density at radius 2 is 2.07 bits per heavy atom. The quantitative estimate of drug-likeness (QED) is 0.626. The van der Waals surface area contributed by atoms with Crippen molar-refractivity contribution in [1.82, 2.24) is 0 Å². The predicted molar refractivity (Wildman–Crippen MR) is 51.3 cm³/mol. The molecule has 0 spiro atoms. The second-order valence-corrected chi connectivity index (χ2v) is 4.57. The van der Waals surface area contributed by atoms with Crippen LogP contribution in [0.2, 0.25) is 5.02 Å². The summed E-state index contributed by atoms with van der Waals surface area (Å²) < 4.78 is 38.7. The van der Waals surface area contributed by atoms with E-state index in [-0.39, 0.29) is 16.5 Å². The van der Waals surface area contributed by atoms with Gasteiger partial charge < -0.3 is 9.92 Å². The van der Waals surface area contributed by atoms with Crippen LogP contribution in [0.3, 0.4) is 0 Å². The maximum atomic E-state index is 12.8. The molecular formula is C7H7ClFNO3S. The van der Waals surface area contributed by atoms with Crippen LogP contribution in [0.25, 0.3) is 0 Å². The van der Waals surface area contributed by atoms with Crippen molar-refractivity contribution >= 4 is 27.4 Å². The number of anilines is 1. The van der Waals surface area contributed by atoms with Gasteiger partial charge in [-0.1, -0.05) is 11.6 Å². The van der Waals surface area contributed by atoms with Gasteiger partial charge in [-0.25, -0.2) is 4.39 Å². The molecule has 0 amide bonds. The lowest BCUT2D eigenvalue weighted by Crippen LogP contribution is -2.06. The first-order chi connectivity index (χ1) is 6.29. The molecule has 4 nitrogen and oxygen atoms in total. The molecule has 0 aliphatic rings. The van der Waals surface area contributed by atoms with E-state index in [0.29, 0.717) is 0 Å². The van der Waals surface area contributed by atoms with Crippen molar-refractivity contribution in [2.24, 2.45) is 0 Å². The molecule has 0 radical (unpaired) electrons. The zero-order valence-corrected chi connectivity index (χ0v) is 8.69. The van der Waals surface area contributed by atoms with Gasteiger partial charge in [0.2, 0.25) is 0 Å². The van der Waals surface area contributed by atoms with Gasteiger partial charge in [-0.05, 0) is 6.07 Å². The molecule has 0 unspecified atom stereocenters. The Morgan fingerprint density at radius 1 is 1.50 bits per heavy atom. The van der Waals surface area contributed by atoms with Crippen LogP contribution in [-0.2, 0) is 10.1 Å². The van der Waals surface area contributed by atoms with E-state index in [0.717, 1.165) is 18.4 Å². The van der Waals surface area contributed by atoms with E-state index in [9.17, 15) is 12.8 Å². The minimum Gasteiger partial charge on any atom is -0.396 e. The van der Waals surface area contributed by atoms with E-state index < -0.39 is 15.9 Å².